The molecule has 0 aromatic heterocycles. The summed E-state index contributed by atoms with van der Waals surface area (Å²) in [6, 6.07) is 12.2. The zero-order valence-corrected chi connectivity index (χ0v) is 20.0. The van der Waals surface area contributed by atoms with Crippen LogP contribution in [0.15, 0.2) is 60.1 Å². The molecule has 2 aromatic carbocycles. The summed E-state index contributed by atoms with van der Waals surface area (Å²) in [5, 5.41) is 3.15. The number of carbonyl (C=O) groups excluding carboxylic acids is 3. The predicted molar refractivity (Wildman–Crippen MR) is 134 cm³/mol. The van der Waals surface area contributed by atoms with E-state index in [0.717, 1.165) is 5.56 Å². The maximum Gasteiger partial charge on any atom is 0.242 e. The number of rotatable bonds is 7. The smallest absolute Gasteiger partial charge is 0.242 e. The van der Waals surface area contributed by atoms with Gasteiger partial charge in [0.15, 0.2) is 11.0 Å². The standard InChI is InChI=1S/C23H22ClN3O3S.ClH/c1-4-12-27-22(30)19(13-20(29)26-18-7-5-6-14(2)21(18)24)31-23(27)25-17-10-8-16(9-11-17)15(3)28;/h4-11,19H,1,12-13H2,2-3H3,(H,26,29);1H. The van der Waals surface area contributed by atoms with Crippen LogP contribution in [-0.4, -0.2) is 39.5 Å². The van der Waals surface area contributed by atoms with Crippen LogP contribution >= 0.6 is 35.8 Å². The lowest BCUT2D eigenvalue weighted by atomic mass is 10.1. The van der Waals surface area contributed by atoms with Crippen LogP contribution in [0, 0.1) is 6.92 Å². The molecule has 0 spiro atoms. The number of benzene rings is 2. The van der Waals surface area contributed by atoms with Crippen LogP contribution in [0.1, 0.15) is 29.3 Å². The summed E-state index contributed by atoms with van der Waals surface area (Å²) >= 11 is 7.48. The highest BCUT2D eigenvalue weighted by molar-refractivity contribution is 8.15. The number of hydrogen-bond donors (Lipinski definition) is 1. The maximum absolute atomic E-state index is 12.9. The van der Waals surface area contributed by atoms with E-state index in [2.05, 4.69) is 16.9 Å². The van der Waals surface area contributed by atoms with Crippen molar-refractivity contribution in [3.05, 3.63) is 71.3 Å². The number of amides is 2. The second kappa shape index (κ2) is 11.3. The molecule has 0 saturated carbocycles. The number of anilines is 1. The first kappa shape index (κ1) is 25.6. The molecule has 6 nitrogen and oxygen atoms in total. The molecule has 3 rings (SSSR count). The lowest BCUT2D eigenvalue weighted by molar-refractivity contribution is -0.127. The number of nitrogens with one attached hydrogen (secondary N) is 1. The summed E-state index contributed by atoms with van der Waals surface area (Å²) in [4.78, 5) is 42.9. The molecule has 2 amide bonds. The topological polar surface area (TPSA) is 78.8 Å². The van der Waals surface area contributed by atoms with Gasteiger partial charge in [0.25, 0.3) is 0 Å². The Morgan fingerprint density at radius 3 is 2.56 bits per heavy atom. The van der Waals surface area contributed by atoms with Gasteiger partial charge < -0.3 is 5.32 Å². The third-order valence-corrected chi connectivity index (χ3v) is 6.34. The van der Waals surface area contributed by atoms with Crippen molar-refractivity contribution in [2.24, 2.45) is 4.99 Å². The summed E-state index contributed by atoms with van der Waals surface area (Å²) in [6.07, 6.45) is 1.60. The van der Waals surface area contributed by atoms with Crippen LogP contribution in [0.4, 0.5) is 11.4 Å². The Kier molecular flexibility index (Phi) is 9.07. The van der Waals surface area contributed by atoms with E-state index in [9.17, 15) is 14.4 Å². The first-order valence-electron chi connectivity index (χ1n) is 9.63. The molecule has 0 radical (unpaired) electrons. The first-order chi connectivity index (χ1) is 14.8. The van der Waals surface area contributed by atoms with E-state index < -0.39 is 5.25 Å². The second-order valence-corrected chi connectivity index (χ2v) is 8.58. The molecule has 2 aromatic rings. The molecule has 1 aliphatic heterocycles. The number of amidine groups is 1. The Balaban J connectivity index is 0.00000363. The predicted octanol–water partition coefficient (Wildman–Crippen LogP) is 5.42. The van der Waals surface area contributed by atoms with E-state index in [1.54, 1.807) is 42.5 Å². The van der Waals surface area contributed by atoms with Gasteiger partial charge in [0.2, 0.25) is 11.8 Å². The number of nitrogens with zero attached hydrogens (tertiary/aromatic N) is 2. The van der Waals surface area contributed by atoms with E-state index in [-0.39, 0.29) is 43.0 Å². The van der Waals surface area contributed by atoms with Crippen molar-refractivity contribution < 1.29 is 14.4 Å². The minimum Gasteiger partial charge on any atom is -0.325 e. The van der Waals surface area contributed by atoms with Gasteiger partial charge in [-0.05, 0) is 49.7 Å². The maximum atomic E-state index is 12.9. The van der Waals surface area contributed by atoms with Gasteiger partial charge in [0.1, 0.15) is 5.25 Å². The van der Waals surface area contributed by atoms with Crippen molar-refractivity contribution in [1.82, 2.24) is 4.90 Å². The van der Waals surface area contributed by atoms with Gasteiger partial charge in [-0.2, -0.15) is 0 Å². The Bertz CT molecular complexity index is 1070. The molecule has 1 unspecified atom stereocenters. The fourth-order valence-electron chi connectivity index (χ4n) is 3.02. The van der Waals surface area contributed by atoms with E-state index in [4.69, 9.17) is 11.6 Å². The summed E-state index contributed by atoms with van der Waals surface area (Å²) < 4.78 is 0. The molecule has 1 saturated heterocycles. The molecular formula is C23H23Cl2N3O3S. The fourth-order valence-corrected chi connectivity index (χ4v) is 4.36. The Morgan fingerprint density at radius 2 is 1.94 bits per heavy atom. The fraction of sp³-hybridized carbons (Fsp3) is 0.217. The van der Waals surface area contributed by atoms with Gasteiger partial charge >= 0.3 is 0 Å². The quantitative estimate of drug-likeness (QED) is 0.414. The number of ketones is 1. The number of aliphatic imine (C=N–C) groups is 1. The Labute approximate surface area is 202 Å². The number of hydrogen-bond acceptors (Lipinski definition) is 5. The molecule has 1 N–H and O–H groups in total. The average Bonchev–Trinajstić information content (AvgIpc) is 3.01. The van der Waals surface area contributed by atoms with Gasteiger partial charge in [-0.1, -0.05) is 41.6 Å². The third kappa shape index (κ3) is 6.00. The highest BCUT2D eigenvalue weighted by Gasteiger charge is 2.38. The number of Topliss-reactive ketones (excluding diaryl/α,β-unsaturated/α-hetero) is 1. The average molecular weight is 492 g/mol. The minimum atomic E-state index is -0.598. The van der Waals surface area contributed by atoms with Crippen LogP contribution in [0.25, 0.3) is 0 Å². The van der Waals surface area contributed by atoms with Crippen LogP contribution in [-0.2, 0) is 9.59 Å². The number of aryl methyl sites for hydroxylation is 1. The lowest BCUT2D eigenvalue weighted by Gasteiger charge is -2.14. The van der Waals surface area contributed by atoms with Crippen molar-refractivity contribution in [3.8, 4) is 0 Å². The Hall–Kier alpha value is -2.61. The van der Waals surface area contributed by atoms with E-state index in [0.29, 0.717) is 27.1 Å². The SMILES string of the molecule is C=CCN1C(=O)C(CC(=O)Nc2cccc(C)c2Cl)SC1=Nc1ccc(C(C)=O)cc1.Cl. The van der Waals surface area contributed by atoms with Gasteiger partial charge in [-0.25, -0.2) is 4.99 Å². The largest absolute Gasteiger partial charge is 0.325 e. The van der Waals surface area contributed by atoms with Crippen LogP contribution in [0.5, 0.6) is 0 Å². The summed E-state index contributed by atoms with van der Waals surface area (Å²) in [6.45, 7) is 7.34. The normalized spacial score (nSPS) is 16.6. The molecular weight excluding hydrogens is 469 g/mol. The molecule has 32 heavy (non-hydrogen) atoms. The summed E-state index contributed by atoms with van der Waals surface area (Å²) in [7, 11) is 0. The second-order valence-electron chi connectivity index (χ2n) is 7.03. The lowest BCUT2D eigenvalue weighted by Crippen LogP contribution is -2.33. The molecule has 0 bridgehead atoms. The van der Waals surface area contributed by atoms with E-state index in [1.807, 2.05) is 13.0 Å². The Morgan fingerprint density at radius 1 is 1.25 bits per heavy atom. The molecule has 1 heterocycles. The number of halogens is 2. The number of thioether (sulfide) groups is 1. The van der Waals surface area contributed by atoms with Crippen LogP contribution in [0.2, 0.25) is 5.02 Å². The highest BCUT2D eigenvalue weighted by atomic mass is 35.5. The van der Waals surface area contributed by atoms with Crippen molar-refractivity contribution in [1.29, 1.82) is 0 Å². The van der Waals surface area contributed by atoms with Crippen molar-refractivity contribution in [2.75, 3.05) is 11.9 Å². The minimum absolute atomic E-state index is 0. The zero-order valence-electron chi connectivity index (χ0n) is 17.6. The molecule has 9 heteroatoms. The van der Waals surface area contributed by atoms with Gasteiger partial charge in [-0.15, -0.1) is 19.0 Å². The van der Waals surface area contributed by atoms with E-state index in [1.165, 1.54) is 23.6 Å². The summed E-state index contributed by atoms with van der Waals surface area (Å²) in [5.74, 6) is -0.531. The molecule has 168 valence electrons. The van der Waals surface area contributed by atoms with Crippen molar-refractivity contribution >= 4 is 69.9 Å². The van der Waals surface area contributed by atoms with Crippen molar-refractivity contribution in [2.45, 2.75) is 25.5 Å². The molecule has 1 aliphatic rings. The number of carbonyl (C=O) groups is 3. The third-order valence-electron chi connectivity index (χ3n) is 4.67. The van der Waals surface area contributed by atoms with Gasteiger partial charge in [0.05, 0.1) is 16.4 Å². The van der Waals surface area contributed by atoms with Crippen LogP contribution < -0.4 is 5.32 Å². The first-order valence-corrected chi connectivity index (χ1v) is 10.9. The monoisotopic (exact) mass is 491 g/mol. The van der Waals surface area contributed by atoms with Gasteiger partial charge in [-0.3, -0.25) is 19.3 Å². The van der Waals surface area contributed by atoms with Crippen molar-refractivity contribution in [3.63, 3.8) is 0 Å². The molecule has 1 atom stereocenters. The van der Waals surface area contributed by atoms with Gasteiger partial charge in [0, 0.05) is 18.5 Å². The summed E-state index contributed by atoms with van der Waals surface area (Å²) in [5.41, 5.74) is 2.58. The molecule has 0 aliphatic carbocycles. The zero-order chi connectivity index (χ0) is 22.5. The molecule has 1 fully saturated rings. The van der Waals surface area contributed by atoms with Crippen LogP contribution in [0.3, 0.4) is 0 Å². The van der Waals surface area contributed by atoms with E-state index >= 15 is 0 Å². The highest BCUT2D eigenvalue weighted by Crippen LogP contribution is 2.32.